The Balaban J connectivity index is 1.72. The summed E-state index contributed by atoms with van der Waals surface area (Å²) in [5.41, 5.74) is 2.99. The molecule has 4 heteroatoms. The number of thiophene rings is 2. The van der Waals surface area contributed by atoms with Crippen LogP contribution in [0.25, 0.3) is 31.6 Å². The second-order valence-electron chi connectivity index (χ2n) is 4.79. The van der Waals surface area contributed by atoms with Gasteiger partial charge in [-0.1, -0.05) is 12.1 Å². The highest BCUT2D eigenvalue weighted by Gasteiger charge is 2.08. The van der Waals surface area contributed by atoms with E-state index in [1.807, 2.05) is 35.7 Å². The minimum atomic E-state index is 0.902. The van der Waals surface area contributed by atoms with Crippen molar-refractivity contribution in [3.63, 3.8) is 0 Å². The average Bonchev–Trinajstić information content (AvgIpc) is 3.27. The van der Waals surface area contributed by atoms with Gasteiger partial charge in [0.15, 0.2) is 0 Å². The number of nitrogens with zero attached hydrogens (tertiary/aromatic N) is 2. The second-order valence-corrected chi connectivity index (χ2v) is 6.82. The lowest BCUT2D eigenvalue weighted by Crippen LogP contribution is -1.86. The fraction of sp³-hybridized carbons (Fsp3) is 0. The number of rotatable bonds is 3. The Hall–Kier alpha value is -2.30. The van der Waals surface area contributed by atoms with Crippen LogP contribution >= 0.6 is 22.7 Å². The SMILES string of the molecule is c1ccc(-c2cc(-c3ccc(-c4cccs4)s3)ccn2)nc1. The molecule has 4 heterocycles. The quantitative estimate of drug-likeness (QED) is 0.491. The first-order valence-corrected chi connectivity index (χ1v) is 8.61. The zero-order valence-corrected chi connectivity index (χ0v) is 13.3. The Morgan fingerprint density at radius 3 is 2.41 bits per heavy atom. The van der Waals surface area contributed by atoms with Crippen LogP contribution in [0.2, 0.25) is 0 Å². The molecule has 0 N–H and O–H groups in total. The number of aromatic nitrogens is 2. The molecule has 0 aliphatic rings. The lowest BCUT2D eigenvalue weighted by atomic mass is 10.1. The van der Waals surface area contributed by atoms with Crippen LogP contribution < -0.4 is 0 Å². The van der Waals surface area contributed by atoms with Gasteiger partial charge in [-0.15, -0.1) is 22.7 Å². The van der Waals surface area contributed by atoms with E-state index in [4.69, 9.17) is 0 Å². The zero-order chi connectivity index (χ0) is 14.8. The highest BCUT2D eigenvalue weighted by molar-refractivity contribution is 7.23. The Labute approximate surface area is 136 Å². The van der Waals surface area contributed by atoms with E-state index in [-0.39, 0.29) is 0 Å². The zero-order valence-electron chi connectivity index (χ0n) is 11.6. The fourth-order valence-corrected chi connectivity index (χ4v) is 4.12. The van der Waals surface area contributed by atoms with Crippen molar-refractivity contribution in [3.8, 4) is 31.6 Å². The smallest absolute Gasteiger partial charge is 0.0892 e. The van der Waals surface area contributed by atoms with Crippen molar-refractivity contribution < 1.29 is 0 Å². The highest BCUT2D eigenvalue weighted by atomic mass is 32.1. The normalized spacial score (nSPS) is 10.7. The van der Waals surface area contributed by atoms with Crippen LogP contribution in [-0.2, 0) is 0 Å². The minimum Gasteiger partial charge on any atom is -0.255 e. The third kappa shape index (κ3) is 2.58. The lowest BCUT2D eigenvalue weighted by Gasteiger charge is -2.02. The second kappa shape index (κ2) is 5.83. The van der Waals surface area contributed by atoms with Crippen molar-refractivity contribution in [2.75, 3.05) is 0 Å². The number of hydrogen-bond donors (Lipinski definition) is 0. The molecule has 0 saturated carbocycles. The molecule has 0 aromatic carbocycles. The van der Waals surface area contributed by atoms with E-state index in [1.165, 1.54) is 20.2 Å². The summed E-state index contributed by atoms with van der Waals surface area (Å²) in [4.78, 5) is 12.7. The van der Waals surface area contributed by atoms with Crippen molar-refractivity contribution in [3.05, 3.63) is 72.4 Å². The van der Waals surface area contributed by atoms with E-state index in [0.717, 1.165) is 11.4 Å². The maximum Gasteiger partial charge on any atom is 0.0892 e. The molecule has 2 nitrogen and oxygen atoms in total. The van der Waals surface area contributed by atoms with Gasteiger partial charge < -0.3 is 0 Å². The van der Waals surface area contributed by atoms with E-state index < -0.39 is 0 Å². The van der Waals surface area contributed by atoms with Crippen LogP contribution in [0.15, 0.2) is 72.4 Å². The van der Waals surface area contributed by atoms with Crippen LogP contribution in [0, 0.1) is 0 Å². The largest absolute Gasteiger partial charge is 0.255 e. The van der Waals surface area contributed by atoms with Gasteiger partial charge in [0.1, 0.15) is 0 Å². The fourth-order valence-electron chi connectivity index (χ4n) is 2.28. The molecule has 0 spiro atoms. The average molecular weight is 320 g/mol. The van der Waals surface area contributed by atoms with Crippen molar-refractivity contribution in [2.24, 2.45) is 0 Å². The van der Waals surface area contributed by atoms with Gasteiger partial charge in [0.2, 0.25) is 0 Å². The standard InChI is InChI=1S/C18H12N2S2/c1-2-9-19-14(4-1)15-12-13(8-10-20-15)16-6-7-18(22-16)17-5-3-11-21-17/h1-12H. The molecule has 0 saturated heterocycles. The van der Waals surface area contributed by atoms with Crippen LogP contribution in [-0.4, -0.2) is 9.97 Å². The van der Waals surface area contributed by atoms with Gasteiger partial charge in [-0.05, 0) is 53.4 Å². The molecule has 0 bridgehead atoms. The number of hydrogen-bond acceptors (Lipinski definition) is 4. The summed E-state index contributed by atoms with van der Waals surface area (Å²) in [7, 11) is 0. The molecule has 0 amide bonds. The number of pyridine rings is 2. The molecule has 4 aromatic rings. The van der Waals surface area contributed by atoms with Gasteiger partial charge in [-0.25, -0.2) is 0 Å². The van der Waals surface area contributed by atoms with Crippen LogP contribution in [0.4, 0.5) is 0 Å². The minimum absolute atomic E-state index is 0.902. The van der Waals surface area contributed by atoms with Crippen molar-refractivity contribution in [1.82, 2.24) is 9.97 Å². The monoisotopic (exact) mass is 320 g/mol. The molecule has 0 fully saturated rings. The molecule has 22 heavy (non-hydrogen) atoms. The molecule has 106 valence electrons. The van der Waals surface area contributed by atoms with Gasteiger partial charge in [-0.2, -0.15) is 0 Å². The molecule has 0 aliphatic carbocycles. The summed E-state index contributed by atoms with van der Waals surface area (Å²) in [5, 5.41) is 2.11. The van der Waals surface area contributed by atoms with Gasteiger partial charge in [-0.3, -0.25) is 9.97 Å². The van der Waals surface area contributed by atoms with Crippen molar-refractivity contribution in [1.29, 1.82) is 0 Å². The van der Waals surface area contributed by atoms with E-state index in [2.05, 4.69) is 51.7 Å². The highest BCUT2D eigenvalue weighted by Crippen LogP contribution is 2.36. The summed E-state index contributed by atoms with van der Waals surface area (Å²) >= 11 is 3.58. The summed E-state index contributed by atoms with van der Waals surface area (Å²) < 4.78 is 0. The Bertz CT molecular complexity index is 880. The summed E-state index contributed by atoms with van der Waals surface area (Å²) in [6.07, 6.45) is 3.65. The van der Waals surface area contributed by atoms with E-state index >= 15 is 0 Å². The third-order valence-corrected chi connectivity index (χ3v) is 5.54. The van der Waals surface area contributed by atoms with Crippen molar-refractivity contribution >= 4 is 22.7 Å². The summed E-state index contributed by atoms with van der Waals surface area (Å²) in [6, 6.07) is 18.7. The first kappa shape index (κ1) is 13.4. The first-order chi connectivity index (χ1) is 10.9. The molecule has 0 unspecified atom stereocenters. The molecular weight excluding hydrogens is 308 g/mol. The van der Waals surface area contributed by atoms with Crippen LogP contribution in [0.1, 0.15) is 0 Å². The Kier molecular flexibility index (Phi) is 3.54. The third-order valence-electron chi connectivity index (χ3n) is 3.34. The topological polar surface area (TPSA) is 25.8 Å². The molecule has 4 aromatic heterocycles. The van der Waals surface area contributed by atoms with E-state index in [0.29, 0.717) is 0 Å². The molecule has 0 atom stereocenters. The lowest BCUT2D eigenvalue weighted by molar-refractivity contribution is 1.25. The maximum atomic E-state index is 4.44. The van der Waals surface area contributed by atoms with Crippen molar-refractivity contribution in [2.45, 2.75) is 0 Å². The van der Waals surface area contributed by atoms with E-state index in [1.54, 1.807) is 17.5 Å². The van der Waals surface area contributed by atoms with E-state index in [9.17, 15) is 0 Å². The van der Waals surface area contributed by atoms with Gasteiger partial charge in [0.25, 0.3) is 0 Å². The predicted molar refractivity (Wildman–Crippen MR) is 94.1 cm³/mol. The molecular formula is C18H12N2S2. The molecule has 0 radical (unpaired) electrons. The Morgan fingerprint density at radius 1 is 0.682 bits per heavy atom. The summed E-state index contributed by atoms with van der Waals surface area (Å²) in [5.74, 6) is 0. The van der Waals surface area contributed by atoms with Gasteiger partial charge in [0.05, 0.1) is 11.4 Å². The predicted octanol–water partition coefficient (Wildman–Crippen LogP) is 5.60. The van der Waals surface area contributed by atoms with Crippen LogP contribution in [0.5, 0.6) is 0 Å². The van der Waals surface area contributed by atoms with Gasteiger partial charge in [0, 0.05) is 27.0 Å². The van der Waals surface area contributed by atoms with Gasteiger partial charge >= 0.3 is 0 Å². The maximum absolute atomic E-state index is 4.44. The molecule has 4 rings (SSSR count). The summed E-state index contributed by atoms with van der Waals surface area (Å²) in [6.45, 7) is 0. The molecule has 0 aliphatic heterocycles. The van der Waals surface area contributed by atoms with Crippen LogP contribution in [0.3, 0.4) is 0 Å². The first-order valence-electron chi connectivity index (χ1n) is 6.92. The Morgan fingerprint density at radius 2 is 1.59 bits per heavy atom.